The van der Waals surface area contributed by atoms with E-state index in [2.05, 4.69) is 42.7 Å². The SMILES string of the molecule is CC(C)CCCCCc1cnnn1CC(C)C. The van der Waals surface area contributed by atoms with Crippen molar-refractivity contribution in [3.8, 4) is 0 Å². The highest BCUT2D eigenvalue weighted by Gasteiger charge is 2.05. The Kier molecular flexibility index (Phi) is 6.23. The summed E-state index contributed by atoms with van der Waals surface area (Å²) in [7, 11) is 0. The lowest BCUT2D eigenvalue weighted by Gasteiger charge is -2.08. The molecule has 98 valence electrons. The molecule has 17 heavy (non-hydrogen) atoms. The minimum absolute atomic E-state index is 0.636. The van der Waals surface area contributed by atoms with Gasteiger partial charge in [0.15, 0.2) is 0 Å². The Hall–Kier alpha value is -0.860. The summed E-state index contributed by atoms with van der Waals surface area (Å²) in [5.41, 5.74) is 1.29. The molecule has 0 radical (unpaired) electrons. The first kappa shape index (κ1) is 14.2. The van der Waals surface area contributed by atoms with Gasteiger partial charge in [0, 0.05) is 6.54 Å². The van der Waals surface area contributed by atoms with Gasteiger partial charge in [0.05, 0.1) is 11.9 Å². The standard InChI is InChI=1S/C14H27N3/c1-12(2)8-6-5-7-9-14-10-15-16-17(14)11-13(3)4/h10,12-13H,5-9,11H2,1-4H3. The van der Waals surface area contributed by atoms with Gasteiger partial charge in [0.25, 0.3) is 0 Å². The largest absolute Gasteiger partial charge is 0.249 e. The van der Waals surface area contributed by atoms with Crippen molar-refractivity contribution < 1.29 is 0 Å². The lowest BCUT2D eigenvalue weighted by atomic mass is 10.0. The van der Waals surface area contributed by atoms with Crippen LogP contribution in [-0.2, 0) is 13.0 Å². The molecule has 0 fully saturated rings. The van der Waals surface area contributed by atoms with Gasteiger partial charge in [-0.15, -0.1) is 5.10 Å². The average Bonchev–Trinajstić information content (AvgIpc) is 2.64. The van der Waals surface area contributed by atoms with E-state index in [1.807, 2.05) is 6.20 Å². The second kappa shape index (κ2) is 7.46. The molecular formula is C14H27N3. The van der Waals surface area contributed by atoms with E-state index in [4.69, 9.17) is 0 Å². The molecule has 0 unspecified atom stereocenters. The van der Waals surface area contributed by atoms with Gasteiger partial charge < -0.3 is 0 Å². The molecule has 1 aromatic rings. The van der Waals surface area contributed by atoms with Crippen LogP contribution in [0.3, 0.4) is 0 Å². The van der Waals surface area contributed by atoms with E-state index in [1.54, 1.807) is 0 Å². The van der Waals surface area contributed by atoms with Crippen LogP contribution in [0.15, 0.2) is 6.20 Å². The minimum atomic E-state index is 0.636. The van der Waals surface area contributed by atoms with Crippen LogP contribution in [0, 0.1) is 11.8 Å². The van der Waals surface area contributed by atoms with Crippen molar-refractivity contribution in [3.05, 3.63) is 11.9 Å². The highest BCUT2D eigenvalue weighted by atomic mass is 15.4. The van der Waals surface area contributed by atoms with Crippen LogP contribution >= 0.6 is 0 Å². The van der Waals surface area contributed by atoms with Gasteiger partial charge in [-0.25, -0.2) is 4.68 Å². The summed E-state index contributed by atoms with van der Waals surface area (Å²) in [6, 6.07) is 0. The van der Waals surface area contributed by atoms with Crippen molar-refractivity contribution in [2.75, 3.05) is 0 Å². The van der Waals surface area contributed by atoms with Crippen molar-refractivity contribution in [1.82, 2.24) is 15.0 Å². The zero-order valence-electron chi connectivity index (χ0n) is 11.8. The highest BCUT2D eigenvalue weighted by Crippen LogP contribution is 2.11. The van der Waals surface area contributed by atoms with Gasteiger partial charge in [-0.1, -0.05) is 52.2 Å². The van der Waals surface area contributed by atoms with Crippen molar-refractivity contribution in [1.29, 1.82) is 0 Å². The molecule has 3 heteroatoms. The molecule has 0 aliphatic heterocycles. The summed E-state index contributed by atoms with van der Waals surface area (Å²) in [6.45, 7) is 10.0. The molecular weight excluding hydrogens is 210 g/mol. The Morgan fingerprint density at radius 3 is 2.47 bits per heavy atom. The molecule has 1 aromatic heterocycles. The predicted octanol–water partition coefficient (Wildman–Crippen LogP) is 3.69. The second-order valence-corrected chi connectivity index (χ2v) is 5.79. The van der Waals surface area contributed by atoms with Gasteiger partial charge in [-0.2, -0.15) is 0 Å². The van der Waals surface area contributed by atoms with Gasteiger partial charge in [-0.05, 0) is 24.7 Å². The third kappa shape index (κ3) is 5.85. The van der Waals surface area contributed by atoms with Crippen molar-refractivity contribution in [2.45, 2.75) is 66.3 Å². The molecule has 0 spiro atoms. The van der Waals surface area contributed by atoms with Gasteiger partial charge in [0.1, 0.15) is 0 Å². The van der Waals surface area contributed by atoms with Crippen LogP contribution in [0.2, 0.25) is 0 Å². The summed E-state index contributed by atoms with van der Waals surface area (Å²) < 4.78 is 2.06. The Balaban J connectivity index is 2.24. The molecule has 0 saturated heterocycles. The Morgan fingerprint density at radius 2 is 1.82 bits per heavy atom. The first-order chi connectivity index (χ1) is 8.09. The maximum absolute atomic E-state index is 4.15. The average molecular weight is 237 g/mol. The zero-order valence-corrected chi connectivity index (χ0v) is 11.8. The van der Waals surface area contributed by atoms with E-state index in [-0.39, 0.29) is 0 Å². The van der Waals surface area contributed by atoms with Crippen LogP contribution < -0.4 is 0 Å². The van der Waals surface area contributed by atoms with E-state index in [9.17, 15) is 0 Å². The number of hydrogen-bond acceptors (Lipinski definition) is 2. The van der Waals surface area contributed by atoms with E-state index in [1.165, 1.54) is 31.4 Å². The van der Waals surface area contributed by atoms with Crippen LogP contribution in [-0.4, -0.2) is 15.0 Å². The first-order valence-electron chi connectivity index (χ1n) is 6.97. The maximum Gasteiger partial charge on any atom is 0.0725 e. The van der Waals surface area contributed by atoms with Crippen LogP contribution in [0.1, 0.15) is 59.1 Å². The van der Waals surface area contributed by atoms with E-state index < -0.39 is 0 Å². The van der Waals surface area contributed by atoms with Crippen molar-refractivity contribution in [3.63, 3.8) is 0 Å². The normalized spacial score (nSPS) is 11.6. The first-order valence-corrected chi connectivity index (χ1v) is 6.97. The maximum atomic E-state index is 4.15. The molecule has 1 rings (SSSR count). The van der Waals surface area contributed by atoms with Crippen LogP contribution in [0.5, 0.6) is 0 Å². The summed E-state index contributed by atoms with van der Waals surface area (Å²) in [4.78, 5) is 0. The molecule has 0 aliphatic carbocycles. The molecule has 0 bridgehead atoms. The summed E-state index contributed by atoms with van der Waals surface area (Å²) in [5.74, 6) is 1.47. The Labute approximate surface area is 106 Å². The smallest absolute Gasteiger partial charge is 0.0725 e. The van der Waals surface area contributed by atoms with Gasteiger partial charge in [0.2, 0.25) is 0 Å². The molecule has 0 amide bonds. The number of nitrogens with zero attached hydrogens (tertiary/aromatic N) is 3. The van der Waals surface area contributed by atoms with Crippen molar-refractivity contribution in [2.24, 2.45) is 11.8 Å². The highest BCUT2D eigenvalue weighted by molar-refractivity contribution is 4.94. The van der Waals surface area contributed by atoms with E-state index in [0.717, 1.165) is 18.9 Å². The van der Waals surface area contributed by atoms with Crippen molar-refractivity contribution >= 4 is 0 Å². The van der Waals surface area contributed by atoms with E-state index >= 15 is 0 Å². The zero-order chi connectivity index (χ0) is 12.7. The molecule has 0 N–H and O–H groups in total. The number of aromatic nitrogens is 3. The minimum Gasteiger partial charge on any atom is -0.249 e. The number of hydrogen-bond donors (Lipinski definition) is 0. The van der Waals surface area contributed by atoms with Gasteiger partial charge >= 0.3 is 0 Å². The molecule has 1 heterocycles. The molecule has 3 nitrogen and oxygen atoms in total. The predicted molar refractivity (Wildman–Crippen MR) is 71.9 cm³/mol. The fourth-order valence-corrected chi connectivity index (χ4v) is 2.01. The number of aryl methyl sites for hydroxylation is 1. The third-order valence-electron chi connectivity index (χ3n) is 2.95. The molecule has 0 aromatic carbocycles. The lowest BCUT2D eigenvalue weighted by molar-refractivity contribution is 0.453. The lowest BCUT2D eigenvalue weighted by Crippen LogP contribution is -2.09. The monoisotopic (exact) mass is 237 g/mol. The Morgan fingerprint density at radius 1 is 1.06 bits per heavy atom. The van der Waals surface area contributed by atoms with Crippen LogP contribution in [0.25, 0.3) is 0 Å². The molecule has 0 aliphatic rings. The quantitative estimate of drug-likeness (QED) is 0.646. The summed E-state index contributed by atoms with van der Waals surface area (Å²) >= 11 is 0. The fraction of sp³-hybridized carbons (Fsp3) is 0.857. The Bertz CT molecular complexity index is 302. The van der Waals surface area contributed by atoms with Gasteiger partial charge in [-0.3, -0.25) is 0 Å². The topological polar surface area (TPSA) is 30.7 Å². The molecule has 0 saturated carbocycles. The third-order valence-corrected chi connectivity index (χ3v) is 2.95. The summed E-state index contributed by atoms with van der Waals surface area (Å²) in [6.07, 6.45) is 8.33. The summed E-state index contributed by atoms with van der Waals surface area (Å²) in [5, 5.41) is 8.17. The fourth-order valence-electron chi connectivity index (χ4n) is 2.01. The second-order valence-electron chi connectivity index (χ2n) is 5.79. The number of unbranched alkanes of at least 4 members (excludes halogenated alkanes) is 2. The van der Waals surface area contributed by atoms with Crippen LogP contribution in [0.4, 0.5) is 0 Å². The molecule has 0 atom stereocenters. The number of rotatable bonds is 8. The van der Waals surface area contributed by atoms with E-state index in [0.29, 0.717) is 5.92 Å².